The van der Waals surface area contributed by atoms with Crippen LogP contribution in [0.15, 0.2) is 25.0 Å². The lowest BCUT2D eigenvalue weighted by Gasteiger charge is -2.01. The number of nitrogens with zero attached hydrogens (tertiary/aromatic N) is 2. The predicted molar refractivity (Wildman–Crippen MR) is 46.4 cm³/mol. The van der Waals surface area contributed by atoms with E-state index in [0.29, 0.717) is 0 Å². The largest absolute Gasteiger partial charge is 0.335 e. The first-order valence-corrected chi connectivity index (χ1v) is 3.93. The van der Waals surface area contributed by atoms with Crippen molar-refractivity contribution in [2.75, 3.05) is 0 Å². The molecule has 2 heteroatoms. The lowest BCUT2D eigenvalue weighted by Crippen LogP contribution is -1.98. The van der Waals surface area contributed by atoms with Crippen molar-refractivity contribution in [2.45, 2.75) is 26.3 Å². The van der Waals surface area contributed by atoms with E-state index < -0.39 is 0 Å². The molecule has 0 unspecified atom stereocenters. The summed E-state index contributed by atoms with van der Waals surface area (Å²) in [6.07, 6.45) is 8.03. The zero-order valence-electron chi connectivity index (χ0n) is 6.95. The fourth-order valence-electron chi connectivity index (χ4n) is 1.05. The summed E-state index contributed by atoms with van der Waals surface area (Å²) in [5.41, 5.74) is 0. The highest BCUT2D eigenvalue weighted by atomic mass is 15.0. The van der Waals surface area contributed by atoms with Crippen molar-refractivity contribution in [2.24, 2.45) is 0 Å². The van der Waals surface area contributed by atoms with Gasteiger partial charge in [0.1, 0.15) is 5.82 Å². The molecule has 0 aliphatic heterocycles. The van der Waals surface area contributed by atoms with E-state index in [1.807, 2.05) is 25.4 Å². The molecule has 0 saturated heterocycles. The summed E-state index contributed by atoms with van der Waals surface area (Å²) in [6.45, 7) is 6.75. The molecular weight excluding hydrogens is 136 g/mol. The van der Waals surface area contributed by atoms with Crippen LogP contribution in [0.4, 0.5) is 0 Å². The molecule has 1 heterocycles. The Morgan fingerprint density at radius 2 is 2.55 bits per heavy atom. The Kier molecular flexibility index (Phi) is 2.90. The molecule has 1 aromatic heterocycles. The zero-order chi connectivity index (χ0) is 8.10. The lowest BCUT2D eigenvalue weighted by molar-refractivity contribution is 0.633. The Bertz CT molecular complexity index is 225. The highest BCUT2D eigenvalue weighted by molar-refractivity contribution is 4.88. The second-order valence-electron chi connectivity index (χ2n) is 2.60. The van der Waals surface area contributed by atoms with Gasteiger partial charge in [0.15, 0.2) is 0 Å². The van der Waals surface area contributed by atoms with Gasteiger partial charge in [0, 0.05) is 18.9 Å². The molecule has 0 amide bonds. The number of aromatic nitrogens is 2. The van der Waals surface area contributed by atoms with Crippen LogP contribution in [0.1, 0.15) is 18.7 Å². The van der Waals surface area contributed by atoms with Crippen LogP contribution in [-0.2, 0) is 6.54 Å². The summed E-state index contributed by atoms with van der Waals surface area (Å²) in [5, 5.41) is 0. The van der Waals surface area contributed by atoms with Gasteiger partial charge in [-0.1, -0.05) is 6.08 Å². The van der Waals surface area contributed by atoms with Gasteiger partial charge < -0.3 is 4.57 Å². The Morgan fingerprint density at radius 3 is 3.09 bits per heavy atom. The quantitative estimate of drug-likeness (QED) is 0.475. The maximum Gasteiger partial charge on any atom is 0.105 e. The van der Waals surface area contributed by atoms with E-state index in [4.69, 9.17) is 0 Å². The topological polar surface area (TPSA) is 17.8 Å². The highest BCUT2D eigenvalue weighted by Crippen LogP contribution is 1.99. The van der Waals surface area contributed by atoms with Gasteiger partial charge in [-0.2, -0.15) is 0 Å². The third-order valence-electron chi connectivity index (χ3n) is 1.73. The number of hydrogen-bond acceptors (Lipinski definition) is 1. The Balaban J connectivity index is 2.38. The summed E-state index contributed by atoms with van der Waals surface area (Å²) in [7, 11) is 0. The van der Waals surface area contributed by atoms with Crippen molar-refractivity contribution >= 4 is 0 Å². The molecule has 0 aliphatic carbocycles. The summed E-state index contributed by atoms with van der Waals surface area (Å²) in [6, 6.07) is 0. The average molecular weight is 150 g/mol. The molecule has 0 aliphatic rings. The van der Waals surface area contributed by atoms with E-state index in [1.54, 1.807) is 0 Å². The lowest BCUT2D eigenvalue weighted by atomic mass is 10.3. The van der Waals surface area contributed by atoms with Crippen molar-refractivity contribution in [3.05, 3.63) is 30.9 Å². The van der Waals surface area contributed by atoms with Crippen LogP contribution in [0.3, 0.4) is 0 Å². The van der Waals surface area contributed by atoms with Gasteiger partial charge in [-0.15, -0.1) is 6.58 Å². The Morgan fingerprint density at radius 1 is 1.73 bits per heavy atom. The SMILES string of the molecule is C=CCCCn1ccnc1C. The minimum absolute atomic E-state index is 1.05. The van der Waals surface area contributed by atoms with Crippen LogP contribution in [0.2, 0.25) is 0 Å². The number of unbranched alkanes of at least 4 members (excludes halogenated alkanes) is 1. The average Bonchev–Trinajstić information content (AvgIpc) is 2.37. The Hall–Kier alpha value is -1.05. The first-order chi connectivity index (χ1) is 5.34. The van der Waals surface area contributed by atoms with Crippen molar-refractivity contribution in [3.63, 3.8) is 0 Å². The first kappa shape index (κ1) is 8.05. The Labute approximate surface area is 67.6 Å². The third kappa shape index (κ3) is 2.22. The molecule has 0 bridgehead atoms. The van der Waals surface area contributed by atoms with Gasteiger partial charge in [0.05, 0.1) is 0 Å². The number of hydrogen-bond donors (Lipinski definition) is 0. The van der Waals surface area contributed by atoms with Gasteiger partial charge in [-0.3, -0.25) is 0 Å². The van der Waals surface area contributed by atoms with Crippen LogP contribution in [0.5, 0.6) is 0 Å². The first-order valence-electron chi connectivity index (χ1n) is 3.93. The monoisotopic (exact) mass is 150 g/mol. The molecule has 0 N–H and O–H groups in total. The van der Waals surface area contributed by atoms with Crippen molar-refractivity contribution in [3.8, 4) is 0 Å². The molecular formula is C9H14N2. The zero-order valence-corrected chi connectivity index (χ0v) is 6.95. The number of rotatable bonds is 4. The van der Waals surface area contributed by atoms with E-state index in [2.05, 4.69) is 16.1 Å². The van der Waals surface area contributed by atoms with E-state index in [1.165, 1.54) is 0 Å². The van der Waals surface area contributed by atoms with Gasteiger partial charge in [0.2, 0.25) is 0 Å². The second-order valence-corrected chi connectivity index (χ2v) is 2.60. The molecule has 0 radical (unpaired) electrons. The van der Waals surface area contributed by atoms with Gasteiger partial charge in [-0.05, 0) is 19.8 Å². The summed E-state index contributed by atoms with van der Waals surface area (Å²) in [5.74, 6) is 1.09. The molecule has 1 rings (SSSR count). The summed E-state index contributed by atoms with van der Waals surface area (Å²) >= 11 is 0. The third-order valence-corrected chi connectivity index (χ3v) is 1.73. The smallest absolute Gasteiger partial charge is 0.105 e. The molecule has 1 aromatic rings. The van der Waals surface area contributed by atoms with E-state index in [-0.39, 0.29) is 0 Å². The van der Waals surface area contributed by atoms with E-state index in [0.717, 1.165) is 25.2 Å². The molecule has 11 heavy (non-hydrogen) atoms. The minimum atomic E-state index is 1.05. The van der Waals surface area contributed by atoms with Gasteiger partial charge in [-0.25, -0.2) is 4.98 Å². The second kappa shape index (κ2) is 3.96. The summed E-state index contributed by atoms with van der Waals surface area (Å²) in [4.78, 5) is 4.13. The minimum Gasteiger partial charge on any atom is -0.335 e. The molecule has 0 saturated carbocycles. The van der Waals surface area contributed by atoms with Crippen LogP contribution >= 0.6 is 0 Å². The van der Waals surface area contributed by atoms with E-state index >= 15 is 0 Å². The molecule has 60 valence electrons. The standard InChI is InChI=1S/C9H14N2/c1-3-4-5-7-11-8-6-10-9(11)2/h3,6,8H,1,4-5,7H2,2H3. The molecule has 2 nitrogen and oxygen atoms in total. The number of aryl methyl sites for hydroxylation is 2. The molecule has 0 fully saturated rings. The maximum atomic E-state index is 4.13. The number of imidazole rings is 1. The summed E-state index contributed by atoms with van der Waals surface area (Å²) < 4.78 is 2.16. The van der Waals surface area contributed by atoms with Crippen molar-refractivity contribution in [1.82, 2.24) is 9.55 Å². The highest BCUT2D eigenvalue weighted by Gasteiger charge is 1.93. The maximum absolute atomic E-state index is 4.13. The fraction of sp³-hybridized carbons (Fsp3) is 0.444. The van der Waals surface area contributed by atoms with Crippen LogP contribution in [0, 0.1) is 6.92 Å². The van der Waals surface area contributed by atoms with Crippen molar-refractivity contribution < 1.29 is 0 Å². The van der Waals surface area contributed by atoms with Crippen LogP contribution < -0.4 is 0 Å². The van der Waals surface area contributed by atoms with Gasteiger partial charge >= 0.3 is 0 Å². The molecule has 0 spiro atoms. The van der Waals surface area contributed by atoms with Gasteiger partial charge in [0.25, 0.3) is 0 Å². The van der Waals surface area contributed by atoms with Crippen LogP contribution in [-0.4, -0.2) is 9.55 Å². The fourth-order valence-corrected chi connectivity index (χ4v) is 1.05. The van der Waals surface area contributed by atoms with Crippen molar-refractivity contribution in [1.29, 1.82) is 0 Å². The van der Waals surface area contributed by atoms with Crippen LogP contribution in [0.25, 0.3) is 0 Å². The predicted octanol–water partition coefficient (Wildman–Crippen LogP) is 2.16. The molecule has 0 aromatic carbocycles. The van der Waals surface area contributed by atoms with E-state index in [9.17, 15) is 0 Å². The normalized spacial score (nSPS) is 9.91. The number of allylic oxidation sites excluding steroid dienone is 1. The molecule has 0 atom stereocenters.